The van der Waals surface area contributed by atoms with Gasteiger partial charge < -0.3 is 10.0 Å². The monoisotopic (exact) mass is 333 g/mol. The van der Waals surface area contributed by atoms with E-state index in [1.807, 2.05) is 19.1 Å². The fourth-order valence-electron chi connectivity index (χ4n) is 2.82. The van der Waals surface area contributed by atoms with E-state index in [0.29, 0.717) is 23.0 Å². The number of halogens is 1. The molecule has 6 nitrogen and oxygen atoms in total. The highest BCUT2D eigenvalue weighted by atomic mass is 35.5. The Balaban J connectivity index is 1.77. The maximum atomic E-state index is 12.5. The Kier molecular flexibility index (Phi) is 4.09. The molecule has 1 aliphatic heterocycles. The number of H-pyrrole nitrogens is 1. The van der Waals surface area contributed by atoms with Gasteiger partial charge in [-0.1, -0.05) is 30.7 Å². The van der Waals surface area contributed by atoms with E-state index in [0.717, 1.165) is 5.56 Å². The first-order chi connectivity index (χ1) is 11.0. The van der Waals surface area contributed by atoms with Gasteiger partial charge in [0.05, 0.1) is 11.6 Å². The molecule has 0 radical (unpaired) electrons. The van der Waals surface area contributed by atoms with E-state index in [1.165, 1.54) is 0 Å². The average molecular weight is 334 g/mol. The van der Waals surface area contributed by atoms with Crippen molar-refractivity contribution in [1.82, 2.24) is 15.1 Å². The minimum atomic E-state index is -0.862. The number of carbonyl (C=O) groups excluding carboxylic acids is 1. The quantitative estimate of drug-likeness (QED) is 0.903. The van der Waals surface area contributed by atoms with Crippen molar-refractivity contribution >= 4 is 23.5 Å². The third-order valence-corrected chi connectivity index (χ3v) is 4.42. The van der Waals surface area contributed by atoms with Crippen LogP contribution in [0.1, 0.15) is 17.4 Å². The van der Waals surface area contributed by atoms with Gasteiger partial charge in [-0.25, -0.2) is 0 Å². The normalized spacial score (nSPS) is 20.7. The zero-order chi connectivity index (χ0) is 16.6. The summed E-state index contributed by atoms with van der Waals surface area (Å²) in [5.41, 5.74) is 1.85. The van der Waals surface area contributed by atoms with E-state index >= 15 is 0 Å². The van der Waals surface area contributed by atoms with E-state index in [9.17, 15) is 9.59 Å². The molecule has 0 bridgehead atoms. The Morgan fingerprint density at radius 2 is 2.00 bits per heavy atom. The second kappa shape index (κ2) is 6.04. The van der Waals surface area contributed by atoms with Gasteiger partial charge in [0.25, 0.3) is 5.91 Å². The number of amides is 1. The molecule has 0 aliphatic carbocycles. The van der Waals surface area contributed by atoms with Crippen LogP contribution in [0.5, 0.6) is 0 Å². The van der Waals surface area contributed by atoms with Gasteiger partial charge in [-0.05, 0) is 24.1 Å². The zero-order valence-electron chi connectivity index (χ0n) is 12.5. The number of carboxylic acids is 1. The molecular formula is C16H16ClN3O3. The van der Waals surface area contributed by atoms with Crippen LogP contribution in [0.3, 0.4) is 0 Å². The molecule has 7 heteroatoms. The summed E-state index contributed by atoms with van der Waals surface area (Å²) in [6.07, 6.45) is 0. The summed E-state index contributed by atoms with van der Waals surface area (Å²) < 4.78 is 0. The second-order valence-corrected chi connectivity index (χ2v) is 6.24. The summed E-state index contributed by atoms with van der Waals surface area (Å²) in [7, 11) is 0. The number of aromatic nitrogens is 2. The third kappa shape index (κ3) is 3.07. The first kappa shape index (κ1) is 15.6. The SMILES string of the molecule is C[C@@H]1CN(C(=O)c2cc(-c3ccc(Cl)cc3)n[nH]2)C[C@H]1C(=O)O. The lowest BCUT2D eigenvalue weighted by molar-refractivity contribution is -0.142. The number of aromatic amines is 1. The third-order valence-electron chi connectivity index (χ3n) is 4.17. The average Bonchev–Trinajstić information content (AvgIpc) is 3.14. The van der Waals surface area contributed by atoms with Gasteiger partial charge in [0.1, 0.15) is 5.69 Å². The fourth-order valence-corrected chi connectivity index (χ4v) is 2.95. The molecule has 2 atom stereocenters. The van der Waals surface area contributed by atoms with Crippen molar-refractivity contribution in [3.63, 3.8) is 0 Å². The van der Waals surface area contributed by atoms with Gasteiger partial charge >= 0.3 is 5.97 Å². The maximum Gasteiger partial charge on any atom is 0.308 e. The number of benzene rings is 1. The number of hydrogen-bond acceptors (Lipinski definition) is 3. The Bertz CT molecular complexity index is 741. The van der Waals surface area contributed by atoms with E-state index in [4.69, 9.17) is 16.7 Å². The Hall–Kier alpha value is -2.34. The Labute approximate surface area is 138 Å². The number of carbonyl (C=O) groups is 2. The number of carboxylic acid groups (broad SMARTS) is 1. The van der Waals surface area contributed by atoms with Crippen LogP contribution in [0.4, 0.5) is 0 Å². The van der Waals surface area contributed by atoms with E-state index < -0.39 is 11.9 Å². The maximum absolute atomic E-state index is 12.5. The van der Waals surface area contributed by atoms with E-state index in [-0.39, 0.29) is 18.4 Å². The summed E-state index contributed by atoms with van der Waals surface area (Å²) in [5, 5.41) is 16.7. The van der Waals surface area contributed by atoms with Gasteiger partial charge in [0, 0.05) is 23.7 Å². The highest BCUT2D eigenvalue weighted by Gasteiger charge is 2.37. The Morgan fingerprint density at radius 1 is 1.30 bits per heavy atom. The summed E-state index contributed by atoms with van der Waals surface area (Å²) in [5.74, 6) is -1.67. The molecule has 0 unspecified atom stereocenters. The summed E-state index contributed by atoms with van der Waals surface area (Å²) >= 11 is 5.86. The highest BCUT2D eigenvalue weighted by molar-refractivity contribution is 6.30. The predicted octanol–water partition coefficient (Wildman–Crippen LogP) is 2.52. The number of rotatable bonds is 3. The number of likely N-dealkylation sites (tertiary alicyclic amines) is 1. The fraction of sp³-hybridized carbons (Fsp3) is 0.312. The molecule has 1 aromatic heterocycles. The molecule has 1 fully saturated rings. The molecular weight excluding hydrogens is 318 g/mol. The predicted molar refractivity (Wildman–Crippen MR) is 85.2 cm³/mol. The first-order valence-corrected chi connectivity index (χ1v) is 7.67. The van der Waals surface area contributed by atoms with Gasteiger partial charge in [-0.15, -0.1) is 0 Å². The highest BCUT2D eigenvalue weighted by Crippen LogP contribution is 2.25. The lowest BCUT2D eigenvalue weighted by Gasteiger charge is -2.14. The molecule has 120 valence electrons. The molecule has 2 aromatic rings. The molecule has 1 saturated heterocycles. The molecule has 0 spiro atoms. The van der Waals surface area contributed by atoms with Crippen LogP contribution in [0.25, 0.3) is 11.3 Å². The van der Waals surface area contributed by atoms with Crippen molar-refractivity contribution in [1.29, 1.82) is 0 Å². The van der Waals surface area contributed by atoms with Crippen molar-refractivity contribution in [3.8, 4) is 11.3 Å². The van der Waals surface area contributed by atoms with Crippen LogP contribution < -0.4 is 0 Å². The molecule has 3 rings (SSSR count). The van der Waals surface area contributed by atoms with E-state index in [1.54, 1.807) is 23.1 Å². The lowest BCUT2D eigenvalue weighted by atomic mass is 9.99. The van der Waals surface area contributed by atoms with Crippen molar-refractivity contribution in [3.05, 3.63) is 41.0 Å². The smallest absolute Gasteiger partial charge is 0.308 e. The summed E-state index contributed by atoms with van der Waals surface area (Å²) in [6.45, 7) is 2.51. The minimum absolute atomic E-state index is 0.0601. The first-order valence-electron chi connectivity index (χ1n) is 7.29. The molecule has 1 amide bonds. The number of nitrogens with one attached hydrogen (secondary N) is 1. The number of nitrogens with zero attached hydrogens (tertiary/aromatic N) is 2. The molecule has 1 aromatic carbocycles. The zero-order valence-corrected chi connectivity index (χ0v) is 13.2. The topological polar surface area (TPSA) is 86.3 Å². The second-order valence-electron chi connectivity index (χ2n) is 5.81. The number of aliphatic carboxylic acids is 1. The van der Waals surface area contributed by atoms with E-state index in [2.05, 4.69) is 10.2 Å². The molecule has 23 heavy (non-hydrogen) atoms. The van der Waals surface area contributed by atoms with Gasteiger partial charge in [0.2, 0.25) is 0 Å². The largest absolute Gasteiger partial charge is 0.481 e. The summed E-state index contributed by atoms with van der Waals surface area (Å²) in [6, 6.07) is 8.83. The Morgan fingerprint density at radius 3 is 2.61 bits per heavy atom. The molecule has 2 N–H and O–H groups in total. The van der Waals surface area contributed by atoms with Crippen LogP contribution in [0.2, 0.25) is 5.02 Å². The minimum Gasteiger partial charge on any atom is -0.481 e. The molecule has 1 aliphatic rings. The van der Waals surface area contributed by atoms with Crippen molar-refractivity contribution in [2.75, 3.05) is 13.1 Å². The van der Waals surface area contributed by atoms with Crippen molar-refractivity contribution < 1.29 is 14.7 Å². The van der Waals surface area contributed by atoms with Gasteiger partial charge in [-0.2, -0.15) is 5.10 Å². The van der Waals surface area contributed by atoms with Crippen molar-refractivity contribution in [2.24, 2.45) is 11.8 Å². The van der Waals surface area contributed by atoms with Crippen LogP contribution >= 0.6 is 11.6 Å². The molecule has 2 heterocycles. The van der Waals surface area contributed by atoms with Crippen LogP contribution in [0, 0.1) is 11.8 Å². The van der Waals surface area contributed by atoms with Crippen LogP contribution in [-0.2, 0) is 4.79 Å². The van der Waals surface area contributed by atoms with Crippen molar-refractivity contribution in [2.45, 2.75) is 6.92 Å². The van der Waals surface area contributed by atoms with Crippen LogP contribution in [-0.4, -0.2) is 45.2 Å². The van der Waals surface area contributed by atoms with Gasteiger partial charge in [0.15, 0.2) is 0 Å². The van der Waals surface area contributed by atoms with Crippen LogP contribution in [0.15, 0.2) is 30.3 Å². The lowest BCUT2D eigenvalue weighted by Crippen LogP contribution is -2.30. The van der Waals surface area contributed by atoms with Gasteiger partial charge in [-0.3, -0.25) is 14.7 Å². The molecule has 0 saturated carbocycles. The summed E-state index contributed by atoms with van der Waals surface area (Å²) in [4.78, 5) is 25.2. The standard InChI is InChI=1S/C16H16ClN3O3/c1-9-7-20(8-12(9)16(22)23)15(21)14-6-13(18-19-14)10-2-4-11(17)5-3-10/h2-6,9,12H,7-8H2,1H3,(H,18,19)(H,22,23)/t9-,12-/m1/s1. The number of hydrogen-bond donors (Lipinski definition) is 2.